The summed E-state index contributed by atoms with van der Waals surface area (Å²) in [6, 6.07) is 4.51. The van der Waals surface area contributed by atoms with Crippen molar-refractivity contribution < 1.29 is 4.74 Å². The van der Waals surface area contributed by atoms with Crippen molar-refractivity contribution >= 4 is 5.69 Å². The molecule has 0 spiro atoms. The number of anilines is 1. The van der Waals surface area contributed by atoms with Gasteiger partial charge in [-0.3, -0.25) is 0 Å². The van der Waals surface area contributed by atoms with Gasteiger partial charge in [0.05, 0.1) is 18.5 Å². The number of nitrogens with zero attached hydrogens (tertiary/aromatic N) is 1. The van der Waals surface area contributed by atoms with Crippen LogP contribution < -0.4 is 15.4 Å². The van der Waals surface area contributed by atoms with E-state index in [4.69, 9.17) is 4.74 Å². The Balaban J connectivity index is 1.88. The number of ether oxygens (including phenoxy) is 1. The van der Waals surface area contributed by atoms with Crippen molar-refractivity contribution in [3.05, 3.63) is 18.3 Å². The Kier molecular flexibility index (Phi) is 3.99. The van der Waals surface area contributed by atoms with Crippen molar-refractivity contribution in [2.24, 2.45) is 0 Å². The molecule has 0 bridgehead atoms. The lowest BCUT2D eigenvalue weighted by molar-refractivity contribution is 0.327. The summed E-state index contributed by atoms with van der Waals surface area (Å²) < 4.78 is 5.30. The Labute approximate surface area is 96.4 Å². The zero-order valence-electron chi connectivity index (χ0n) is 9.70. The van der Waals surface area contributed by atoms with Crippen molar-refractivity contribution in [1.29, 1.82) is 0 Å². The maximum absolute atomic E-state index is 5.30. The predicted molar refractivity (Wildman–Crippen MR) is 64.9 cm³/mol. The first-order chi connectivity index (χ1) is 7.88. The fraction of sp³-hybridized carbons (Fsp3) is 0.583. The average Bonchev–Trinajstić information content (AvgIpc) is 2.33. The smallest absolute Gasteiger partial charge is 0.213 e. The van der Waals surface area contributed by atoms with Gasteiger partial charge in [0.25, 0.3) is 0 Å². The van der Waals surface area contributed by atoms with Gasteiger partial charge < -0.3 is 15.4 Å². The highest BCUT2D eigenvalue weighted by atomic mass is 16.5. The second-order valence-corrected chi connectivity index (χ2v) is 3.99. The molecule has 2 N–H and O–H groups in total. The topological polar surface area (TPSA) is 46.2 Å². The number of hydrogen-bond donors (Lipinski definition) is 2. The maximum Gasteiger partial charge on any atom is 0.213 e. The van der Waals surface area contributed by atoms with Crippen LogP contribution in [0.1, 0.15) is 19.8 Å². The van der Waals surface area contributed by atoms with E-state index < -0.39 is 0 Å². The molecule has 0 unspecified atom stereocenters. The Bertz CT molecular complexity index is 307. The van der Waals surface area contributed by atoms with E-state index in [9.17, 15) is 0 Å². The summed E-state index contributed by atoms with van der Waals surface area (Å²) in [6.07, 6.45) is 4.19. The van der Waals surface area contributed by atoms with Gasteiger partial charge in [-0.1, -0.05) is 0 Å². The number of hydrogen-bond acceptors (Lipinski definition) is 4. The second kappa shape index (κ2) is 5.70. The fourth-order valence-corrected chi connectivity index (χ4v) is 1.90. The maximum atomic E-state index is 5.30. The first kappa shape index (κ1) is 11.2. The highest BCUT2D eigenvalue weighted by Crippen LogP contribution is 2.15. The zero-order chi connectivity index (χ0) is 11.2. The molecule has 0 aliphatic carbocycles. The van der Waals surface area contributed by atoms with Gasteiger partial charge in [0.2, 0.25) is 5.88 Å². The minimum absolute atomic E-state index is 0.570. The third-order valence-corrected chi connectivity index (χ3v) is 2.74. The van der Waals surface area contributed by atoms with Crippen LogP contribution in [0.5, 0.6) is 5.88 Å². The third-order valence-electron chi connectivity index (χ3n) is 2.74. The quantitative estimate of drug-likeness (QED) is 0.811. The summed E-state index contributed by atoms with van der Waals surface area (Å²) >= 11 is 0. The summed E-state index contributed by atoms with van der Waals surface area (Å²) in [5.74, 6) is 0.693. The molecule has 2 rings (SSSR count). The Hall–Kier alpha value is -1.29. The highest BCUT2D eigenvalue weighted by Gasteiger charge is 2.12. The molecule has 1 aliphatic heterocycles. The van der Waals surface area contributed by atoms with Crippen LogP contribution >= 0.6 is 0 Å². The minimum atomic E-state index is 0.570. The highest BCUT2D eigenvalue weighted by molar-refractivity contribution is 5.43. The van der Waals surface area contributed by atoms with Gasteiger partial charge >= 0.3 is 0 Å². The molecule has 4 nitrogen and oxygen atoms in total. The zero-order valence-corrected chi connectivity index (χ0v) is 9.70. The Morgan fingerprint density at radius 1 is 1.44 bits per heavy atom. The van der Waals surface area contributed by atoms with Crippen LogP contribution in [0.3, 0.4) is 0 Å². The molecular formula is C12H19N3O. The van der Waals surface area contributed by atoms with Crippen LogP contribution in [0.15, 0.2) is 18.3 Å². The molecule has 1 aromatic heterocycles. The molecule has 16 heavy (non-hydrogen) atoms. The summed E-state index contributed by atoms with van der Waals surface area (Å²) in [6.45, 7) is 4.82. The SMILES string of the molecule is CCOc1ccc(NC2CCNCC2)cn1. The normalized spacial score (nSPS) is 17.1. The second-order valence-electron chi connectivity index (χ2n) is 3.99. The van der Waals surface area contributed by atoms with E-state index >= 15 is 0 Å². The lowest BCUT2D eigenvalue weighted by Crippen LogP contribution is -2.35. The summed E-state index contributed by atoms with van der Waals surface area (Å²) in [5, 5.41) is 6.84. The first-order valence-corrected chi connectivity index (χ1v) is 5.94. The summed E-state index contributed by atoms with van der Waals surface area (Å²) in [7, 11) is 0. The molecule has 1 saturated heterocycles. The van der Waals surface area contributed by atoms with Crippen LogP contribution in [0.2, 0.25) is 0 Å². The van der Waals surface area contributed by atoms with Crippen molar-refractivity contribution in [2.45, 2.75) is 25.8 Å². The van der Waals surface area contributed by atoms with Gasteiger partial charge in [0, 0.05) is 12.1 Å². The molecular weight excluding hydrogens is 202 g/mol. The Morgan fingerprint density at radius 3 is 2.88 bits per heavy atom. The van der Waals surface area contributed by atoms with Crippen molar-refractivity contribution in [2.75, 3.05) is 25.0 Å². The van der Waals surface area contributed by atoms with Crippen LogP contribution in [-0.4, -0.2) is 30.7 Å². The molecule has 4 heteroatoms. The van der Waals surface area contributed by atoms with Crippen molar-refractivity contribution in [3.8, 4) is 5.88 Å². The van der Waals surface area contributed by atoms with E-state index in [2.05, 4.69) is 15.6 Å². The van der Waals surface area contributed by atoms with E-state index in [1.54, 1.807) is 0 Å². The third kappa shape index (κ3) is 3.10. The van der Waals surface area contributed by atoms with Gasteiger partial charge in [-0.05, 0) is 38.9 Å². The van der Waals surface area contributed by atoms with E-state index in [-0.39, 0.29) is 0 Å². The molecule has 0 saturated carbocycles. The molecule has 1 aliphatic rings. The van der Waals surface area contributed by atoms with Gasteiger partial charge in [-0.15, -0.1) is 0 Å². The van der Waals surface area contributed by atoms with Crippen molar-refractivity contribution in [1.82, 2.24) is 10.3 Å². The first-order valence-electron chi connectivity index (χ1n) is 5.94. The molecule has 88 valence electrons. The summed E-state index contributed by atoms with van der Waals surface area (Å²) in [5.41, 5.74) is 1.08. The van der Waals surface area contributed by atoms with Crippen LogP contribution in [0.25, 0.3) is 0 Å². The molecule has 2 heterocycles. The number of piperidine rings is 1. The monoisotopic (exact) mass is 221 g/mol. The number of pyridine rings is 1. The van der Waals surface area contributed by atoms with Gasteiger partial charge in [0.15, 0.2) is 0 Å². The largest absolute Gasteiger partial charge is 0.478 e. The van der Waals surface area contributed by atoms with Crippen LogP contribution in [0, 0.1) is 0 Å². The van der Waals surface area contributed by atoms with Gasteiger partial charge in [-0.25, -0.2) is 4.98 Å². The van der Waals surface area contributed by atoms with Crippen LogP contribution in [-0.2, 0) is 0 Å². The average molecular weight is 221 g/mol. The van der Waals surface area contributed by atoms with Crippen molar-refractivity contribution in [3.63, 3.8) is 0 Å². The Morgan fingerprint density at radius 2 is 2.25 bits per heavy atom. The van der Waals surface area contributed by atoms with Gasteiger partial charge in [-0.2, -0.15) is 0 Å². The molecule has 1 aromatic rings. The number of aromatic nitrogens is 1. The molecule has 0 amide bonds. The van der Waals surface area contributed by atoms with E-state index in [1.807, 2.05) is 25.3 Å². The molecule has 0 radical (unpaired) electrons. The van der Waals surface area contributed by atoms with E-state index in [0.29, 0.717) is 18.5 Å². The molecule has 0 atom stereocenters. The lowest BCUT2D eigenvalue weighted by atomic mass is 10.1. The standard InChI is InChI=1S/C12H19N3O/c1-2-16-12-4-3-11(9-14-12)15-10-5-7-13-8-6-10/h3-4,9-10,13,15H,2,5-8H2,1H3. The number of rotatable bonds is 4. The van der Waals surface area contributed by atoms with E-state index in [0.717, 1.165) is 18.8 Å². The van der Waals surface area contributed by atoms with Crippen LogP contribution in [0.4, 0.5) is 5.69 Å². The predicted octanol–water partition coefficient (Wildman–Crippen LogP) is 1.64. The number of nitrogens with one attached hydrogen (secondary N) is 2. The van der Waals surface area contributed by atoms with E-state index in [1.165, 1.54) is 12.8 Å². The molecule has 0 aromatic carbocycles. The minimum Gasteiger partial charge on any atom is -0.478 e. The van der Waals surface area contributed by atoms with Gasteiger partial charge in [0.1, 0.15) is 0 Å². The fourth-order valence-electron chi connectivity index (χ4n) is 1.90. The molecule has 1 fully saturated rings. The summed E-state index contributed by atoms with van der Waals surface area (Å²) in [4.78, 5) is 4.23. The lowest BCUT2D eigenvalue weighted by Gasteiger charge is -2.24.